The average molecular weight is 328 g/mol. The van der Waals surface area contributed by atoms with Crippen LogP contribution in [-0.4, -0.2) is 12.2 Å². The molecule has 3 nitrogen and oxygen atoms in total. The van der Waals surface area contributed by atoms with E-state index in [1.54, 1.807) is 7.11 Å². The van der Waals surface area contributed by atoms with E-state index in [0.29, 0.717) is 5.11 Å². The summed E-state index contributed by atoms with van der Waals surface area (Å²) in [6, 6.07) is 14.5. The monoisotopic (exact) mass is 328 g/mol. The van der Waals surface area contributed by atoms with Crippen LogP contribution in [-0.2, 0) is 0 Å². The van der Waals surface area contributed by atoms with Crippen molar-refractivity contribution in [3.8, 4) is 5.75 Å². The molecule has 2 aromatic carbocycles. The molecule has 0 bridgehead atoms. The lowest BCUT2D eigenvalue weighted by molar-refractivity contribution is 0.414. The van der Waals surface area contributed by atoms with Gasteiger partial charge in [0.05, 0.1) is 13.2 Å². The van der Waals surface area contributed by atoms with E-state index in [4.69, 9.17) is 17.0 Å². The first-order valence-electron chi connectivity index (χ1n) is 7.82. The van der Waals surface area contributed by atoms with E-state index in [2.05, 4.69) is 55.7 Å². The first-order chi connectivity index (χ1) is 11.0. The maximum Gasteiger partial charge on any atom is 0.171 e. The molecule has 0 aliphatic rings. The van der Waals surface area contributed by atoms with Gasteiger partial charge in [-0.05, 0) is 73.4 Å². The lowest BCUT2D eigenvalue weighted by atomic mass is 10.0. The molecule has 2 aromatic rings. The Labute approximate surface area is 144 Å². The van der Waals surface area contributed by atoms with Gasteiger partial charge in [0.1, 0.15) is 5.75 Å². The van der Waals surface area contributed by atoms with E-state index in [-0.39, 0.29) is 6.04 Å². The van der Waals surface area contributed by atoms with E-state index in [1.165, 1.54) is 16.7 Å². The molecule has 0 aliphatic heterocycles. The zero-order chi connectivity index (χ0) is 16.8. The lowest BCUT2D eigenvalue weighted by Gasteiger charge is -2.20. The lowest BCUT2D eigenvalue weighted by Crippen LogP contribution is -2.32. The number of thiocarbonyl (C=S) groups is 1. The normalized spacial score (nSPS) is 11.7. The van der Waals surface area contributed by atoms with Crippen molar-refractivity contribution in [2.24, 2.45) is 0 Å². The van der Waals surface area contributed by atoms with Crippen molar-refractivity contribution in [3.63, 3.8) is 0 Å². The highest BCUT2D eigenvalue weighted by Crippen LogP contribution is 2.20. The molecule has 2 N–H and O–H groups in total. The predicted molar refractivity (Wildman–Crippen MR) is 101 cm³/mol. The van der Waals surface area contributed by atoms with Crippen molar-refractivity contribution < 1.29 is 4.74 Å². The van der Waals surface area contributed by atoms with Crippen LogP contribution in [0.4, 0.5) is 5.69 Å². The third-order valence-electron chi connectivity index (χ3n) is 4.00. The Morgan fingerprint density at radius 1 is 1.09 bits per heavy atom. The Balaban J connectivity index is 2.02. The van der Waals surface area contributed by atoms with Crippen molar-refractivity contribution in [3.05, 3.63) is 59.2 Å². The largest absolute Gasteiger partial charge is 0.497 e. The standard InChI is InChI=1S/C19H24N2OS/c1-5-18(15-7-10-17(22-4)11-8-15)21-19(23)20-16-9-6-13(2)14(3)12-16/h6-12,18H,5H2,1-4H3,(H2,20,21,23). The van der Waals surface area contributed by atoms with E-state index < -0.39 is 0 Å². The van der Waals surface area contributed by atoms with Crippen molar-refractivity contribution >= 4 is 23.0 Å². The zero-order valence-electron chi connectivity index (χ0n) is 14.1. The molecule has 0 heterocycles. The van der Waals surface area contributed by atoms with Crippen LogP contribution in [0.2, 0.25) is 0 Å². The van der Waals surface area contributed by atoms with Crippen LogP contribution < -0.4 is 15.4 Å². The fourth-order valence-corrected chi connectivity index (χ4v) is 2.66. The summed E-state index contributed by atoms with van der Waals surface area (Å²) in [5, 5.41) is 7.28. The Morgan fingerprint density at radius 2 is 1.78 bits per heavy atom. The number of rotatable bonds is 5. The molecular formula is C19H24N2OS. The van der Waals surface area contributed by atoms with Crippen LogP contribution in [0.3, 0.4) is 0 Å². The summed E-state index contributed by atoms with van der Waals surface area (Å²) in [5.74, 6) is 0.861. The number of benzene rings is 2. The smallest absolute Gasteiger partial charge is 0.171 e. The summed E-state index contributed by atoms with van der Waals surface area (Å²) in [6.07, 6.45) is 0.946. The number of aryl methyl sites for hydroxylation is 2. The first-order valence-corrected chi connectivity index (χ1v) is 8.23. The van der Waals surface area contributed by atoms with Crippen molar-refractivity contribution in [2.45, 2.75) is 33.2 Å². The van der Waals surface area contributed by atoms with E-state index >= 15 is 0 Å². The molecule has 0 amide bonds. The third-order valence-corrected chi connectivity index (χ3v) is 4.22. The number of anilines is 1. The number of hydrogen-bond donors (Lipinski definition) is 2. The van der Waals surface area contributed by atoms with Crippen LogP contribution in [0, 0.1) is 13.8 Å². The Kier molecular flexibility index (Phi) is 5.99. The van der Waals surface area contributed by atoms with Crippen molar-refractivity contribution in [2.75, 3.05) is 12.4 Å². The van der Waals surface area contributed by atoms with Crippen molar-refractivity contribution in [1.29, 1.82) is 0 Å². The highest BCUT2D eigenvalue weighted by atomic mass is 32.1. The highest BCUT2D eigenvalue weighted by Gasteiger charge is 2.11. The summed E-state index contributed by atoms with van der Waals surface area (Å²) in [7, 11) is 1.67. The Hall–Kier alpha value is -2.07. The van der Waals surface area contributed by atoms with Gasteiger partial charge in [-0.2, -0.15) is 0 Å². The molecule has 0 aliphatic carbocycles. The Bertz CT molecular complexity index is 668. The number of hydrogen-bond acceptors (Lipinski definition) is 2. The fourth-order valence-electron chi connectivity index (χ4n) is 2.40. The Morgan fingerprint density at radius 3 is 2.35 bits per heavy atom. The molecule has 1 atom stereocenters. The van der Waals surface area contributed by atoms with Gasteiger partial charge in [-0.25, -0.2) is 0 Å². The topological polar surface area (TPSA) is 33.3 Å². The van der Waals surface area contributed by atoms with E-state index in [0.717, 1.165) is 17.9 Å². The molecule has 0 aromatic heterocycles. The summed E-state index contributed by atoms with van der Waals surface area (Å²) in [4.78, 5) is 0. The minimum absolute atomic E-state index is 0.174. The molecule has 0 spiro atoms. The summed E-state index contributed by atoms with van der Waals surface area (Å²) < 4.78 is 5.20. The molecule has 1 unspecified atom stereocenters. The number of methoxy groups -OCH3 is 1. The number of nitrogens with one attached hydrogen (secondary N) is 2. The van der Waals surface area contributed by atoms with Gasteiger partial charge < -0.3 is 15.4 Å². The molecule has 122 valence electrons. The van der Waals surface area contributed by atoms with Crippen LogP contribution in [0.1, 0.15) is 36.1 Å². The SMILES string of the molecule is CCC(NC(=S)Nc1ccc(C)c(C)c1)c1ccc(OC)cc1. The van der Waals surface area contributed by atoms with Gasteiger partial charge >= 0.3 is 0 Å². The zero-order valence-corrected chi connectivity index (χ0v) is 15.0. The number of ether oxygens (including phenoxy) is 1. The molecular weight excluding hydrogens is 304 g/mol. The van der Waals surface area contributed by atoms with Gasteiger partial charge in [0, 0.05) is 5.69 Å². The quantitative estimate of drug-likeness (QED) is 0.776. The molecule has 0 saturated heterocycles. The molecule has 4 heteroatoms. The van der Waals surface area contributed by atoms with Gasteiger partial charge in [0.25, 0.3) is 0 Å². The molecule has 0 saturated carbocycles. The fraction of sp³-hybridized carbons (Fsp3) is 0.316. The molecule has 2 rings (SSSR count). The first kappa shape index (κ1) is 17.3. The highest BCUT2D eigenvalue weighted by molar-refractivity contribution is 7.80. The van der Waals surface area contributed by atoms with Gasteiger partial charge in [0.15, 0.2) is 5.11 Å². The van der Waals surface area contributed by atoms with E-state index in [9.17, 15) is 0 Å². The van der Waals surface area contributed by atoms with Gasteiger partial charge in [0.2, 0.25) is 0 Å². The second-order valence-corrected chi connectivity index (χ2v) is 6.04. The van der Waals surface area contributed by atoms with Crippen LogP contribution in [0.25, 0.3) is 0 Å². The van der Waals surface area contributed by atoms with Crippen LogP contribution in [0.15, 0.2) is 42.5 Å². The summed E-state index contributed by atoms with van der Waals surface area (Å²) in [6.45, 7) is 6.34. The average Bonchev–Trinajstić information content (AvgIpc) is 2.56. The van der Waals surface area contributed by atoms with E-state index in [1.807, 2.05) is 18.2 Å². The van der Waals surface area contributed by atoms with Gasteiger partial charge in [-0.1, -0.05) is 25.1 Å². The minimum Gasteiger partial charge on any atom is -0.497 e. The van der Waals surface area contributed by atoms with Crippen molar-refractivity contribution in [1.82, 2.24) is 5.32 Å². The maximum absolute atomic E-state index is 5.46. The molecule has 0 radical (unpaired) electrons. The molecule has 0 fully saturated rings. The summed E-state index contributed by atoms with van der Waals surface area (Å²) >= 11 is 5.46. The third kappa shape index (κ3) is 4.70. The minimum atomic E-state index is 0.174. The second kappa shape index (κ2) is 7.97. The second-order valence-electron chi connectivity index (χ2n) is 5.63. The van der Waals surface area contributed by atoms with Crippen LogP contribution >= 0.6 is 12.2 Å². The maximum atomic E-state index is 5.46. The summed E-state index contributed by atoms with van der Waals surface area (Å²) in [5.41, 5.74) is 4.73. The van der Waals surface area contributed by atoms with Gasteiger partial charge in [-0.15, -0.1) is 0 Å². The predicted octanol–water partition coefficient (Wildman–Crippen LogP) is 4.75. The van der Waals surface area contributed by atoms with Gasteiger partial charge in [-0.3, -0.25) is 0 Å². The molecule has 23 heavy (non-hydrogen) atoms. The van der Waals surface area contributed by atoms with Crippen LogP contribution in [0.5, 0.6) is 5.75 Å².